The van der Waals surface area contributed by atoms with E-state index in [9.17, 15) is 10.1 Å². The Hall–Kier alpha value is -2.67. The average Bonchev–Trinajstić information content (AvgIpc) is 3.08. The minimum atomic E-state index is -0.479. The van der Waals surface area contributed by atoms with E-state index in [1.54, 1.807) is 29.7 Å². The Labute approximate surface area is 124 Å². The third-order valence-electron chi connectivity index (χ3n) is 3.10. The number of aromatic nitrogens is 2. The monoisotopic (exact) mass is 300 g/mol. The molecule has 7 heteroatoms. The summed E-state index contributed by atoms with van der Waals surface area (Å²) in [7, 11) is 0. The van der Waals surface area contributed by atoms with Crippen molar-refractivity contribution in [2.75, 3.05) is 5.73 Å². The SMILES string of the molecule is Nc1cc(Cn2ccnc2-c2cccs2)ccc1[N+](=O)[O-]. The summed E-state index contributed by atoms with van der Waals surface area (Å²) in [5.41, 5.74) is 6.73. The van der Waals surface area contributed by atoms with E-state index in [1.807, 2.05) is 28.3 Å². The summed E-state index contributed by atoms with van der Waals surface area (Å²) in [5, 5.41) is 12.8. The first-order valence-corrected chi connectivity index (χ1v) is 7.11. The quantitative estimate of drug-likeness (QED) is 0.455. The third-order valence-corrected chi connectivity index (χ3v) is 3.96. The fourth-order valence-electron chi connectivity index (χ4n) is 2.13. The Morgan fingerprint density at radius 3 is 2.90 bits per heavy atom. The standard InChI is InChI=1S/C14H12N4O2S/c15-11-8-10(3-4-12(11)18(19)20)9-17-6-5-16-14(17)13-2-1-7-21-13/h1-8H,9,15H2. The lowest BCUT2D eigenvalue weighted by molar-refractivity contribution is -0.383. The summed E-state index contributed by atoms with van der Waals surface area (Å²) >= 11 is 1.62. The van der Waals surface area contributed by atoms with Crippen molar-refractivity contribution in [1.29, 1.82) is 0 Å². The molecule has 3 aromatic rings. The van der Waals surface area contributed by atoms with Gasteiger partial charge < -0.3 is 10.3 Å². The highest BCUT2D eigenvalue weighted by molar-refractivity contribution is 7.13. The van der Waals surface area contributed by atoms with Crippen molar-refractivity contribution >= 4 is 22.7 Å². The summed E-state index contributed by atoms with van der Waals surface area (Å²) in [5.74, 6) is 0.877. The van der Waals surface area contributed by atoms with Gasteiger partial charge in [-0.25, -0.2) is 4.98 Å². The van der Waals surface area contributed by atoms with E-state index in [2.05, 4.69) is 4.98 Å². The van der Waals surface area contributed by atoms with Crippen LogP contribution >= 0.6 is 11.3 Å². The van der Waals surface area contributed by atoms with Gasteiger partial charge in [0.15, 0.2) is 0 Å². The van der Waals surface area contributed by atoms with Gasteiger partial charge in [-0.1, -0.05) is 12.1 Å². The number of nitrogens with two attached hydrogens (primary N) is 1. The predicted molar refractivity (Wildman–Crippen MR) is 82.2 cm³/mol. The van der Waals surface area contributed by atoms with E-state index >= 15 is 0 Å². The third kappa shape index (κ3) is 2.63. The molecule has 1 aromatic carbocycles. The summed E-state index contributed by atoms with van der Waals surface area (Å²) in [6.45, 7) is 0.565. The molecule has 0 aliphatic rings. The van der Waals surface area contributed by atoms with Crippen LogP contribution in [0.3, 0.4) is 0 Å². The maximum absolute atomic E-state index is 10.8. The first-order valence-electron chi connectivity index (χ1n) is 6.23. The van der Waals surface area contributed by atoms with Crippen molar-refractivity contribution in [1.82, 2.24) is 9.55 Å². The highest BCUT2D eigenvalue weighted by Crippen LogP contribution is 2.26. The van der Waals surface area contributed by atoms with Crippen LogP contribution in [0.15, 0.2) is 48.1 Å². The number of nitro groups is 1. The molecule has 0 saturated carbocycles. The highest BCUT2D eigenvalue weighted by Gasteiger charge is 2.12. The van der Waals surface area contributed by atoms with Crippen LogP contribution in [-0.2, 0) is 6.54 Å². The molecule has 0 aliphatic carbocycles. The van der Waals surface area contributed by atoms with E-state index in [0.29, 0.717) is 6.54 Å². The molecular formula is C14H12N4O2S. The number of benzene rings is 1. The minimum absolute atomic E-state index is 0.0668. The zero-order chi connectivity index (χ0) is 14.8. The van der Waals surface area contributed by atoms with Gasteiger partial charge in [-0.15, -0.1) is 11.3 Å². The van der Waals surface area contributed by atoms with Crippen LogP contribution in [0, 0.1) is 10.1 Å². The fourth-order valence-corrected chi connectivity index (χ4v) is 2.87. The lowest BCUT2D eigenvalue weighted by Crippen LogP contribution is -2.02. The van der Waals surface area contributed by atoms with Crippen molar-refractivity contribution in [3.63, 3.8) is 0 Å². The molecule has 0 radical (unpaired) electrons. The number of hydrogen-bond donors (Lipinski definition) is 1. The highest BCUT2D eigenvalue weighted by atomic mass is 32.1. The van der Waals surface area contributed by atoms with Gasteiger partial charge in [-0.2, -0.15) is 0 Å². The lowest BCUT2D eigenvalue weighted by Gasteiger charge is -2.07. The molecule has 0 fully saturated rings. The van der Waals surface area contributed by atoms with Crippen LogP contribution in [0.25, 0.3) is 10.7 Å². The number of nitrogen functional groups attached to an aromatic ring is 1. The van der Waals surface area contributed by atoms with Crippen molar-refractivity contribution in [2.45, 2.75) is 6.54 Å². The second-order valence-electron chi connectivity index (χ2n) is 4.51. The fraction of sp³-hybridized carbons (Fsp3) is 0.0714. The second kappa shape index (κ2) is 5.37. The number of imidazole rings is 1. The molecule has 0 amide bonds. The maximum atomic E-state index is 10.8. The molecule has 0 unspecified atom stereocenters. The zero-order valence-corrected chi connectivity index (χ0v) is 11.8. The van der Waals surface area contributed by atoms with Crippen LogP contribution < -0.4 is 5.73 Å². The van der Waals surface area contributed by atoms with Crippen molar-refractivity contribution in [3.8, 4) is 10.7 Å². The first-order chi connectivity index (χ1) is 10.1. The van der Waals surface area contributed by atoms with Gasteiger partial charge >= 0.3 is 0 Å². The summed E-state index contributed by atoms with van der Waals surface area (Å²) in [6.07, 6.45) is 3.62. The Morgan fingerprint density at radius 1 is 1.38 bits per heavy atom. The van der Waals surface area contributed by atoms with Crippen LogP contribution in [0.2, 0.25) is 0 Å². The number of anilines is 1. The smallest absolute Gasteiger partial charge is 0.292 e. The Kier molecular flexibility index (Phi) is 3.41. The van der Waals surface area contributed by atoms with Gasteiger partial charge in [0, 0.05) is 25.0 Å². The van der Waals surface area contributed by atoms with Gasteiger partial charge in [0.25, 0.3) is 5.69 Å². The number of rotatable bonds is 4. The van der Waals surface area contributed by atoms with E-state index in [1.165, 1.54) is 6.07 Å². The molecule has 0 aliphatic heterocycles. The zero-order valence-electron chi connectivity index (χ0n) is 11.0. The molecule has 0 bridgehead atoms. The van der Waals surface area contributed by atoms with Gasteiger partial charge in [0.1, 0.15) is 11.5 Å². The van der Waals surface area contributed by atoms with Crippen LogP contribution in [-0.4, -0.2) is 14.5 Å². The normalized spacial score (nSPS) is 10.7. The van der Waals surface area contributed by atoms with E-state index in [0.717, 1.165) is 16.3 Å². The van der Waals surface area contributed by atoms with Gasteiger partial charge in [0.2, 0.25) is 0 Å². The van der Waals surface area contributed by atoms with Crippen LogP contribution in [0.5, 0.6) is 0 Å². The van der Waals surface area contributed by atoms with Crippen molar-refractivity contribution in [3.05, 3.63) is 63.8 Å². The number of thiophene rings is 1. The largest absolute Gasteiger partial charge is 0.393 e. The average molecular weight is 300 g/mol. The Bertz CT molecular complexity index is 780. The lowest BCUT2D eigenvalue weighted by atomic mass is 10.1. The molecule has 2 N–H and O–H groups in total. The predicted octanol–water partition coefficient (Wildman–Crippen LogP) is 3.15. The van der Waals surface area contributed by atoms with E-state index in [-0.39, 0.29) is 11.4 Å². The number of nitro benzene ring substituents is 1. The summed E-state index contributed by atoms with van der Waals surface area (Å²) < 4.78 is 1.99. The molecule has 106 valence electrons. The molecule has 6 nitrogen and oxygen atoms in total. The minimum Gasteiger partial charge on any atom is -0.393 e. The van der Waals surface area contributed by atoms with E-state index in [4.69, 9.17) is 5.73 Å². The molecular weight excluding hydrogens is 288 g/mol. The maximum Gasteiger partial charge on any atom is 0.292 e. The summed E-state index contributed by atoms with van der Waals surface area (Å²) in [6, 6.07) is 8.77. The molecule has 2 aromatic heterocycles. The van der Waals surface area contributed by atoms with Crippen molar-refractivity contribution in [2.24, 2.45) is 0 Å². The molecule has 21 heavy (non-hydrogen) atoms. The van der Waals surface area contributed by atoms with Gasteiger partial charge in [-0.3, -0.25) is 10.1 Å². The molecule has 3 rings (SSSR count). The molecule has 0 atom stereocenters. The van der Waals surface area contributed by atoms with Crippen LogP contribution in [0.1, 0.15) is 5.56 Å². The Morgan fingerprint density at radius 2 is 2.24 bits per heavy atom. The van der Waals surface area contributed by atoms with Crippen LogP contribution in [0.4, 0.5) is 11.4 Å². The topological polar surface area (TPSA) is 87.0 Å². The first kappa shape index (κ1) is 13.3. The molecule has 2 heterocycles. The van der Waals surface area contributed by atoms with Gasteiger partial charge in [-0.05, 0) is 23.1 Å². The van der Waals surface area contributed by atoms with E-state index < -0.39 is 4.92 Å². The van der Waals surface area contributed by atoms with Crippen molar-refractivity contribution < 1.29 is 4.92 Å². The molecule has 0 saturated heterocycles. The second-order valence-corrected chi connectivity index (χ2v) is 5.45. The summed E-state index contributed by atoms with van der Waals surface area (Å²) in [4.78, 5) is 15.7. The number of hydrogen-bond acceptors (Lipinski definition) is 5. The molecule has 0 spiro atoms. The number of nitrogens with zero attached hydrogens (tertiary/aromatic N) is 3. The van der Waals surface area contributed by atoms with Gasteiger partial charge in [0.05, 0.1) is 9.80 Å². The Balaban J connectivity index is 1.90.